The third-order valence-electron chi connectivity index (χ3n) is 7.91. The second-order valence-electron chi connectivity index (χ2n) is 11.4. The second-order valence-corrected chi connectivity index (χ2v) is 13.5. The monoisotopic (exact) mass is 721 g/mol. The molecular weight excluding hydrogens is 675 g/mol. The normalized spacial score (nSPS) is 12.3. The molecule has 0 saturated carbocycles. The fourth-order valence-corrected chi connectivity index (χ4v) is 6.58. The number of ketones is 1. The number of rotatable bonds is 21. The molecule has 0 fully saturated rings. The number of hydrogen-bond donors (Lipinski definition) is 4. The summed E-state index contributed by atoms with van der Waals surface area (Å²) in [6.45, 7) is 16.3. The average Bonchev–Trinajstić information content (AvgIpc) is 3.48. The average molecular weight is 722 g/mol. The SMILES string of the molecule is CCN(CC)CCCSc1nc(Nc2ccc(N=NC(C(C)=O)C(=O)Nc3ccc4[nH]c(=O)[nH]c4c3)cc2)nc(SCCCN(CC)CC)n1. The summed E-state index contributed by atoms with van der Waals surface area (Å²) in [6, 6.07) is 10.6. The number of anilines is 3. The van der Waals surface area contributed by atoms with Crippen molar-refractivity contribution in [2.45, 2.75) is 63.8 Å². The smallest absolute Gasteiger partial charge is 0.323 e. The first kappa shape index (κ1) is 38.7. The van der Waals surface area contributed by atoms with Gasteiger partial charge in [0.1, 0.15) is 0 Å². The molecule has 0 bridgehead atoms. The molecular formula is C34H47N11O3S2. The van der Waals surface area contributed by atoms with E-state index < -0.39 is 17.7 Å². The Hall–Kier alpha value is -4.12. The minimum atomic E-state index is -1.34. The lowest BCUT2D eigenvalue weighted by Crippen LogP contribution is -2.31. The highest BCUT2D eigenvalue weighted by molar-refractivity contribution is 7.99. The molecule has 1 atom stereocenters. The lowest BCUT2D eigenvalue weighted by molar-refractivity contribution is -0.126. The molecule has 4 rings (SSSR count). The molecule has 4 aromatic rings. The quantitative estimate of drug-likeness (QED) is 0.0338. The summed E-state index contributed by atoms with van der Waals surface area (Å²) in [7, 11) is 0. The molecule has 16 heteroatoms. The molecule has 0 radical (unpaired) electrons. The van der Waals surface area contributed by atoms with Crippen molar-refractivity contribution in [3.63, 3.8) is 0 Å². The highest BCUT2D eigenvalue weighted by Gasteiger charge is 2.23. The van der Waals surface area contributed by atoms with Crippen LogP contribution >= 0.6 is 23.5 Å². The van der Waals surface area contributed by atoms with Gasteiger partial charge in [-0.2, -0.15) is 25.2 Å². The van der Waals surface area contributed by atoms with E-state index in [0.717, 1.165) is 69.3 Å². The molecule has 1 unspecified atom stereocenters. The number of aromatic nitrogens is 5. The van der Waals surface area contributed by atoms with Gasteiger partial charge in [0.2, 0.25) is 12.0 Å². The summed E-state index contributed by atoms with van der Waals surface area (Å²) in [5.74, 6) is 1.19. The van der Waals surface area contributed by atoms with Crippen molar-refractivity contribution in [1.82, 2.24) is 34.7 Å². The number of fused-ring (bicyclic) bond motifs is 1. The van der Waals surface area contributed by atoms with E-state index in [1.54, 1.807) is 53.9 Å². The lowest BCUT2D eigenvalue weighted by atomic mass is 10.2. The van der Waals surface area contributed by atoms with Crippen LogP contribution in [0.3, 0.4) is 0 Å². The first-order valence-corrected chi connectivity index (χ1v) is 19.0. The van der Waals surface area contributed by atoms with Crippen LogP contribution in [-0.4, -0.2) is 103 Å². The molecule has 0 aliphatic carbocycles. The Balaban J connectivity index is 1.40. The molecule has 268 valence electrons. The Bertz CT molecular complexity index is 1730. The van der Waals surface area contributed by atoms with Gasteiger partial charge in [-0.25, -0.2) is 4.79 Å². The van der Waals surface area contributed by atoms with Crippen molar-refractivity contribution in [2.75, 3.05) is 61.4 Å². The van der Waals surface area contributed by atoms with Crippen LogP contribution in [0.2, 0.25) is 0 Å². The fraction of sp³-hybridized carbons (Fsp3) is 0.471. The number of amides is 1. The maximum atomic E-state index is 12.9. The van der Waals surface area contributed by atoms with E-state index in [1.807, 2.05) is 12.1 Å². The van der Waals surface area contributed by atoms with Gasteiger partial charge < -0.3 is 30.4 Å². The molecule has 2 heterocycles. The number of nitrogens with one attached hydrogen (secondary N) is 4. The first-order valence-electron chi connectivity index (χ1n) is 17.0. The second kappa shape index (κ2) is 19.9. The van der Waals surface area contributed by atoms with Crippen LogP contribution in [0.15, 0.2) is 67.8 Å². The number of carbonyl (C=O) groups excluding carboxylic acids is 2. The van der Waals surface area contributed by atoms with Gasteiger partial charge in [-0.1, -0.05) is 51.2 Å². The summed E-state index contributed by atoms with van der Waals surface area (Å²) in [6.07, 6.45) is 2.08. The number of carbonyl (C=O) groups is 2. The van der Waals surface area contributed by atoms with Crippen LogP contribution in [0.5, 0.6) is 0 Å². The molecule has 0 aliphatic rings. The van der Waals surface area contributed by atoms with Gasteiger partial charge in [-0.3, -0.25) is 9.59 Å². The highest BCUT2D eigenvalue weighted by Crippen LogP contribution is 2.25. The molecule has 1 amide bonds. The van der Waals surface area contributed by atoms with Gasteiger partial charge >= 0.3 is 5.69 Å². The molecule has 14 nitrogen and oxygen atoms in total. The van der Waals surface area contributed by atoms with Crippen LogP contribution in [0.4, 0.5) is 23.0 Å². The third-order valence-corrected chi connectivity index (χ3v) is 9.78. The Morgan fingerprint density at radius 1 is 0.800 bits per heavy atom. The van der Waals surface area contributed by atoms with Gasteiger partial charge in [0.05, 0.1) is 16.7 Å². The Labute approximate surface area is 301 Å². The number of Topliss-reactive ketones (excluding diaryl/α,β-unsaturated/α-hetero) is 1. The summed E-state index contributed by atoms with van der Waals surface area (Å²) >= 11 is 3.28. The number of imidazole rings is 1. The van der Waals surface area contributed by atoms with Crippen molar-refractivity contribution in [2.24, 2.45) is 10.2 Å². The predicted octanol–water partition coefficient (Wildman–Crippen LogP) is 6.11. The Morgan fingerprint density at radius 2 is 1.36 bits per heavy atom. The van der Waals surface area contributed by atoms with Crippen molar-refractivity contribution in [1.29, 1.82) is 0 Å². The van der Waals surface area contributed by atoms with E-state index >= 15 is 0 Å². The summed E-state index contributed by atoms with van der Waals surface area (Å²) in [5.41, 5.74) is 2.40. The third kappa shape index (κ3) is 12.0. The zero-order valence-electron chi connectivity index (χ0n) is 29.4. The number of nitrogens with zero attached hydrogens (tertiary/aromatic N) is 7. The van der Waals surface area contributed by atoms with Crippen molar-refractivity contribution < 1.29 is 9.59 Å². The van der Waals surface area contributed by atoms with Crippen LogP contribution in [0.25, 0.3) is 11.0 Å². The predicted molar refractivity (Wildman–Crippen MR) is 202 cm³/mol. The van der Waals surface area contributed by atoms with E-state index in [0.29, 0.717) is 38.7 Å². The van der Waals surface area contributed by atoms with Crippen molar-refractivity contribution in [3.8, 4) is 0 Å². The van der Waals surface area contributed by atoms with E-state index in [4.69, 9.17) is 15.0 Å². The number of H-pyrrole nitrogens is 2. The first-order chi connectivity index (χ1) is 24.2. The minimum absolute atomic E-state index is 0.352. The molecule has 2 aromatic heterocycles. The standard InChI is InChI=1S/C34H47N11O3S2/c1-6-44(7-2)18-10-20-49-33-39-31(40-34(41-33)50-21-11-19-45(8-3)9-4)36-24-12-14-25(15-13-24)42-43-29(23(5)46)30(47)35-26-16-17-27-28(22-26)38-32(48)37-27/h12-17,22,29H,6-11,18-21H2,1-5H3,(H,35,47)(H2,37,38,48)(H,36,39,40,41). The van der Waals surface area contributed by atoms with Gasteiger partial charge in [-0.15, -0.1) is 0 Å². The zero-order valence-corrected chi connectivity index (χ0v) is 31.0. The van der Waals surface area contributed by atoms with Gasteiger partial charge in [0, 0.05) is 22.9 Å². The van der Waals surface area contributed by atoms with Crippen molar-refractivity contribution >= 4 is 69.3 Å². The number of aromatic amines is 2. The van der Waals surface area contributed by atoms with Crippen LogP contribution in [0, 0.1) is 0 Å². The topological polar surface area (TPSA) is 177 Å². The Kier molecular flexibility index (Phi) is 15.4. The summed E-state index contributed by atoms with van der Waals surface area (Å²) in [5, 5.41) is 15.5. The Morgan fingerprint density at radius 3 is 1.92 bits per heavy atom. The van der Waals surface area contributed by atoms with E-state index in [-0.39, 0.29) is 5.69 Å². The van der Waals surface area contributed by atoms with Gasteiger partial charge in [-0.05, 0) is 101 Å². The van der Waals surface area contributed by atoms with Crippen molar-refractivity contribution in [3.05, 3.63) is 52.9 Å². The lowest BCUT2D eigenvalue weighted by Gasteiger charge is -2.17. The highest BCUT2D eigenvalue weighted by atomic mass is 32.2. The molecule has 4 N–H and O–H groups in total. The van der Waals surface area contributed by atoms with Crippen LogP contribution in [-0.2, 0) is 9.59 Å². The van der Waals surface area contributed by atoms with E-state index in [9.17, 15) is 14.4 Å². The summed E-state index contributed by atoms with van der Waals surface area (Å²) < 4.78 is 0. The molecule has 50 heavy (non-hydrogen) atoms. The van der Waals surface area contributed by atoms with E-state index in [1.165, 1.54) is 6.92 Å². The number of benzene rings is 2. The number of azo groups is 1. The largest absolute Gasteiger partial charge is 0.324 e. The number of thioether (sulfide) groups is 2. The van der Waals surface area contributed by atoms with Crippen LogP contribution in [0.1, 0.15) is 47.5 Å². The number of hydrogen-bond acceptors (Lipinski definition) is 13. The molecule has 0 spiro atoms. The van der Waals surface area contributed by atoms with Crippen LogP contribution < -0.4 is 16.3 Å². The van der Waals surface area contributed by atoms with Gasteiger partial charge in [0.15, 0.2) is 16.1 Å². The maximum absolute atomic E-state index is 12.9. The fourth-order valence-electron chi connectivity index (χ4n) is 5.01. The summed E-state index contributed by atoms with van der Waals surface area (Å²) in [4.78, 5) is 61.0. The molecule has 2 aromatic carbocycles. The zero-order chi connectivity index (χ0) is 35.9. The van der Waals surface area contributed by atoms with Gasteiger partial charge in [0.25, 0.3) is 5.91 Å². The molecule has 0 saturated heterocycles. The van der Waals surface area contributed by atoms with E-state index in [2.05, 4.69) is 68.3 Å². The maximum Gasteiger partial charge on any atom is 0.323 e. The molecule has 0 aliphatic heterocycles. The minimum Gasteiger partial charge on any atom is -0.324 e.